The number of sulfonamides is 1. The maximum atomic E-state index is 14.8. The van der Waals surface area contributed by atoms with Crippen molar-refractivity contribution >= 4 is 66.6 Å². The summed E-state index contributed by atoms with van der Waals surface area (Å²) in [6, 6.07) is 5.98. The molecule has 0 radical (unpaired) electrons. The Balaban J connectivity index is 1.20. The van der Waals surface area contributed by atoms with E-state index in [1.807, 2.05) is 20.8 Å². The molecule has 7 rings (SSSR count). The third kappa shape index (κ3) is 8.14. The van der Waals surface area contributed by atoms with E-state index in [1.54, 1.807) is 23.6 Å². The number of amides is 3. The number of nitrogens with zero attached hydrogens (tertiary/aromatic N) is 3. The van der Waals surface area contributed by atoms with Gasteiger partial charge in [-0.05, 0) is 61.1 Å². The number of halogens is 3. The minimum absolute atomic E-state index is 0.0265. The van der Waals surface area contributed by atoms with Crippen molar-refractivity contribution in [3.8, 4) is 22.9 Å². The molecule has 3 aliphatic rings. The maximum absolute atomic E-state index is 14.8. The second-order valence-corrected chi connectivity index (χ2v) is 18.8. The Morgan fingerprint density at radius 3 is 2.56 bits per heavy atom. The van der Waals surface area contributed by atoms with Crippen LogP contribution in [0.4, 0.5) is 13.9 Å². The lowest BCUT2D eigenvalue weighted by molar-refractivity contribution is -0.141. The Labute approximate surface area is 337 Å². The Bertz CT molecular complexity index is 2390. The van der Waals surface area contributed by atoms with Crippen LogP contribution >= 0.6 is 22.9 Å². The van der Waals surface area contributed by atoms with Crippen molar-refractivity contribution < 1.29 is 41.1 Å². The van der Waals surface area contributed by atoms with Crippen molar-refractivity contribution in [3.05, 3.63) is 77.3 Å². The molecule has 2 saturated carbocycles. The number of anilines is 1. The first kappa shape index (κ1) is 40.3. The second-order valence-electron chi connectivity index (χ2n) is 15.6. The quantitative estimate of drug-likeness (QED) is 0.139. The fourth-order valence-electron chi connectivity index (χ4n) is 7.07. The molecule has 57 heavy (non-hydrogen) atoms. The number of likely N-dealkylation sites (tertiary alicyclic amines) is 1. The predicted molar refractivity (Wildman–Crippen MR) is 211 cm³/mol. The highest BCUT2D eigenvalue weighted by Crippen LogP contribution is 2.46. The first-order valence-electron chi connectivity index (χ1n) is 18.2. The maximum Gasteiger partial charge on any atom is 0.259 e. The number of pyridine rings is 1. The number of rotatable bonds is 13. The third-order valence-corrected chi connectivity index (χ3v) is 13.3. The standard InChI is InChI=1S/C39H41ClF2N6O7S2/c1-6-20-16-39(20,36(51)47-57(52,53)24-9-10-24)46-33(49)30-15-23(55-34-26-13-21(40)7-11-25(26)31(54-5)17-43-34)18-48(30)35(50)32(38(2,3)4)45-37-44-29(19-56-37)27-14-22(41)8-12-28(27)42/h6-8,11-14,17,19-20,23-24,30,32H,1,9-10,15-16,18H2,2-5H3,(H,44,45)(H,46,49)(H,47,51)/t20-,23-,30+,32-,39-/m1/s1. The fourth-order valence-corrected chi connectivity index (χ4v) is 9.34. The molecule has 2 aromatic heterocycles. The molecule has 13 nitrogen and oxygen atoms in total. The highest BCUT2D eigenvalue weighted by Gasteiger charge is 2.62. The summed E-state index contributed by atoms with van der Waals surface area (Å²) in [6.45, 7) is 9.14. The molecule has 3 amide bonds. The molecule has 3 fully saturated rings. The summed E-state index contributed by atoms with van der Waals surface area (Å²) in [4.78, 5) is 53.0. The number of nitrogens with one attached hydrogen (secondary N) is 3. The van der Waals surface area contributed by atoms with Crippen LogP contribution in [-0.2, 0) is 24.4 Å². The van der Waals surface area contributed by atoms with E-state index in [0.717, 1.165) is 29.5 Å². The van der Waals surface area contributed by atoms with Gasteiger partial charge in [-0.15, -0.1) is 17.9 Å². The summed E-state index contributed by atoms with van der Waals surface area (Å²) >= 11 is 7.44. The zero-order valence-corrected chi connectivity index (χ0v) is 33.9. The van der Waals surface area contributed by atoms with Crippen LogP contribution in [0.1, 0.15) is 46.5 Å². The Morgan fingerprint density at radius 1 is 1.14 bits per heavy atom. The Morgan fingerprint density at radius 2 is 1.89 bits per heavy atom. The van der Waals surface area contributed by atoms with E-state index in [2.05, 4.69) is 31.9 Å². The first-order valence-corrected chi connectivity index (χ1v) is 21.0. The summed E-state index contributed by atoms with van der Waals surface area (Å²) in [5, 5.41) is 8.70. The molecule has 2 aliphatic carbocycles. The van der Waals surface area contributed by atoms with E-state index < -0.39 is 79.7 Å². The zero-order valence-electron chi connectivity index (χ0n) is 31.5. The number of thiazole rings is 1. The number of carbonyl (C=O) groups is 3. The van der Waals surface area contributed by atoms with Gasteiger partial charge in [0, 0.05) is 39.1 Å². The molecule has 1 saturated heterocycles. The molecule has 3 heterocycles. The molecule has 1 aliphatic heterocycles. The summed E-state index contributed by atoms with van der Waals surface area (Å²) in [7, 11) is -2.43. The molecule has 302 valence electrons. The summed E-state index contributed by atoms with van der Waals surface area (Å²) in [5.74, 6) is -3.27. The van der Waals surface area contributed by atoms with E-state index >= 15 is 0 Å². The van der Waals surface area contributed by atoms with Crippen molar-refractivity contribution in [1.82, 2.24) is 24.9 Å². The molecular formula is C39H41ClF2N6O7S2. The molecule has 18 heteroatoms. The molecule has 0 bridgehead atoms. The van der Waals surface area contributed by atoms with Crippen LogP contribution < -0.4 is 24.8 Å². The smallest absolute Gasteiger partial charge is 0.259 e. The van der Waals surface area contributed by atoms with Gasteiger partial charge in [0.25, 0.3) is 5.91 Å². The predicted octanol–water partition coefficient (Wildman–Crippen LogP) is 5.84. The number of carbonyl (C=O) groups excluding carboxylic acids is 3. The molecular weight excluding hydrogens is 802 g/mol. The zero-order chi connectivity index (χ0) is 41.0. The molecule has 4 aromatic rings. The number of fused-ring (bicyclic) bond motifs is 1. The van der Waals surface area contributed by atoms with E-state index in [0.29, 0.717) is 34.4 Å². The van der Waals surface area contributed by atoms with Gasteiger partial charge in [-0.25, -0.2) is 27.2 Å². The molecule has 0 spiro atoms. The van der Waals surface area contributed by atoms with Crippen molar-refractivity contribution in [3.63, 3.8) is 0 Å². The van der Waals surface area contributed by atoms with Gasteiger partial charge in [-0.2, -0.15) is 0 Å². The Kier molecular flexibility index (Phi) is 10.7. The molecule has 3 N–H and O–H groups in total. The van der Waals surface area contributed by atoms with Crippen LogP contribution in [0.25, 0.3) is 22.0 Å². The van der Waals surface area contributed by atoms with Crippen molar-refractivity contribution in [1.29, 1.82) is 0 Å². The highest BCUT2D eigenvalue weighted by atomic mass is 35.5. The lowest BCUT2D eigenvalue weighted by atomic mass is 9.85. The number of hydrogen-bond acceptors (Lipinski definition) is 11. The SMILES string of the molecule is C=C[C@@H]1C[C@]1(NC(=O)[C@@H]1C[C@@H](Oc2ncc(OC)c3ccc(Cl)cc23)CN1C(=O)[C@@H](Nc1nc(-c2cc(F)ccc2F)cs1)C(C)(C)C)C(=O)NS(=O)(=O)C1CC1. The fraction of sp³-hybridized carbons (Fsp3) is 0.410. The minimum atomic E-state index is -3.94. The number of hydrogen-bond donors (Lipinski definition) is 3. The average molecular weight is 843 g/mol. The average Bonchev–Trinajstić information content (AvgIpc) is 4.05. The van der Waals surface area contributed by atoms with Gasteiger partial charge in [0.05, 0.1) is 30.8 Å². The molecule has 0 unspecified atom stereocenters. The van der Waals surface area contributed by atoms with E-state index in [4.69, 9.17) is 21.1 Å². The van der Waals surface area contributed by atoms with Crippen LogP contribution in [0.5, 0.6) is 11.6 Å². The van der Waals surface area contributed by atoms with E-state index in [-0.39, 0.29) is 41.7 Å². The van der Waals surface area contributed by atoms with E-state index in [9.17, 15) is 31.6 Å². The number of methoxy groups -OCH3 is 1. The minimum Gasteiger partial charge on any atom is -0.494 e. The summed E-state index contributed by atoms with van der Waals surface area (Å²) < 4.78 is 68.2. The number of benzene rings is 2. The second kappa shape index (κ2) is 15.1. The normalized spacial score (nSPS) is 22.4. The lowest BCUT2D eigenvalue weighted by Crippen LogP contribution is -2.58. The van der Waals surface area contributed by atoms with Gasteiger partial charge in [0.2, 0.25) is 27.7 Å². The van der Waals surface area contributed by atoms with Gasteiger partial charge >= 0.3 is 0 Å². The van der Waals surface area contributed by atoms with Gasteiger partial charge in [-0.1, -0.05) is 38.4 Å². The molecule has 2 aromatic carbocycles. The van der Waals surface area contributed by atoms with Crippen LogP contribution in [0.3, 0.4) is 0 Å². The lowest BCUT2D eigenvalue weighted by Gasteiger charge is -2.35. The van der Waals surface area contributed by atoms with Gasteiger partial charge in [0.1, 0.15) is 41.1 Å². The highest BCUT2D eigenvalue weighted by molar-refractivity contribution is 7.91. The largest absolute Gasteiger partial charge is 0.494 e. The van der Waals surface area contributed by atoms with Crippen LogP contribution in [0, 0.1) is 23.0 Å². The monoisotopic (exact) mass is 842 g/mol. The number of aromatic nitrogens is 2. The van der Waals surface area contributed by atoms with Gasteiger partial charge in [-0.3, -0.25) is 19.1 Å². The summed E-state index contributed by atoms with van der Waals surface area (Å²) in [6.07, 6.45) is 3.14. The topological polar surface area (TPSA) is 169 Å². The van der Waals surface area contributed by atoms with Crippen molar-refractivity contribution in [2.24, 2.45) is 11.3 Å². The van der Waals surface area contributed by atoms with Crippen molar-refractivity contribution in [2.75, 3.05) is 19.0 Å². The van der Waals surface area contributed by atoms with Gasteiger partial charge < -0.3 is 25.0 Å². The van der Waals surface area contributed by atoms with Crippen LogP contribution in [0.15, 0.2) is 60.6 Å². The van der Waals surface area contributed by atoms with Crippen molar-refractivity contribution in [2.45, 2.75) is 75.4 Å². The number of ether oxygens (including phenoxy) is 2. The van der Waals surface area contributed by atoms with Crippen LogP contribution in [0.2, 0.25) is 5.02 Å². The van der Waals surface area contributed by atoms with Crippen LogP contribution in [-0.4, -0.2) is 83.6 Å². The first-order chi connectivity index (χ1) is 26.9. The summed E-state index contributed by atoms with van der Waals surface area (Å²) in [5.41, 5.74) is -2.26. The van der Waals surface area contributed by atoms with E-state index in [1.165, 1.54) is 24.3 Å². The Hall–Kier alpha value is -4.87. The van der Waals surface area contributed by atoms with Gasteiger partial charge in [0.15, 0.2) is 5.13 Å². The molecule has 5 atom stereocenters. The third-order valence-electron chi connectivity index (χ3n) is 10.5.